The summed E-state index contributed by atoms with van der Waals surface area (Å²) < 4.78 is 0. The summed E-state index contributed by atoms with van der Waals surface area (Å²) in [6, 6.07) is 3.15. The van der Waals surface area contributed by atoms with Crippen LogP contribution in [0.15, 0.2) is 12.4 Å². The molecule has 0 radical (unpaired) electrons. The fourth-order valence-corrected chi connectivity index (χ4v) is 2.33. The summed E-state index contributed by atoms with van der Waals surface area (Å²) in [5.41, 5.74) is 0.515. The van der Waals surface area contributed by atoms with E-state index in [9.17, 15) is 0 Å². The molecule has 0 saturated carbocycles. The van der Waals surface area contributed by atoms with Crippen molar-refractivity contribution in [2.75, 3.05) is 18.0 Å². The zero-order valence-corrected chi connectivity index (χ0v) is 8.22. The highest BCUT2D eigenvalue weighted by Crippen LogP contribution is 2.26. The maximum absolute atomic E-state index is 8.65. The first-order valence-corrected chi connectivity index (χ1v) is 5.09. The van der Waals surface area contributed by atoms with E-state index < -0.39 is 0 Å². The van der Waals surface area contributed by atoms with E-state index in [0.29, 0.717) is 17.6 Å². The average Bonchev–Trinajstić information content (AvgIpc) is 2.91. The molecule has 15 heavy (non-hydrogen) atoms. The van der Waals surface area contributed by atoms with Crippen LogP contribution in [0.25, 0.3) is 0 Å². The summed E-state index contributed by atoms with van der Waals surface area (Å²) in [6.07, 6.45) is 4.35. The Labute approximate surface area is 87.8 Å². The van der Waals surface area contributed by atoms with Gasteiger partial charge in [0.2, 0.25) is 5.95 Å². The van der Waals surface area contributed by atoms with Gasteiger partial charge in [-0.25, -0.2) is 9.97 Å². The molecule has 5 nitrogen and oxygen atoms in total. The van der Waals surface area contributed by atoms with Crippen LogP contribution >= 0.6 is 0 Å². The fraction of sp³-hybridized carbons (Fsp3) is 0.500. The Bertz CT molecular complexity index is 407. The zero-order chi connectivity index (χ0) is 10.3. The lowest BCUT2D eigenvalue weighted by atomic mass is 10.2. The molecular formula is C10H11N5. The van der Waals surface area contributed by atoms with Gasteiger partial charge in [-0.15, -0.1) is 0 Å². The molecule has 1 aromatic heterocycles. The number of fused-ring (bicyclic) bond motifs is 2. The average molecular weight is 201 g/mol. The molecule has 0 spiro atoms. The van der Waals surface area contributed by atoms with E-state index in [1.807, 2.05) is 6.07 Å². The number of nitriles is 1. The van der Waals surface area contributed by atoms with Gasteiger partial charge in [0, 0.05) is 25.2 Å². The zero-order valence-electron chi connectivity index (χ0n) is 8.22. The predicted molar refractivity (Wildman–Crippen MR) is 54.3 cm³/mol. The van der Waals surface area contributed by atoms with Crippen molar-refractivity contribution in [1.82, 2.24) is 15.3 Å². The van der Waals surface area contributed by atoms with Crippen LogP contribution < -0.4 is 10.2 Å². The summed E-state index contributed by atoms with van der Waals surface area (Å²) >= 11 is 0. The quantitative estimate of drug-likeness (QED) is 0.687. The van der Waals surface area contributed by atoms with Gasteiger partial charge >= 0.3 is 0 Å². The molecule has 1 aromatic rings. The number of nitrogens with one attached hydrogen (secondary N) is 1. The Hall–Kier alpha value is -1.67. The highest BCUT2D eigenvalue weighted by atomic mass is 15.3. The number of anilines is 1. The molecule has 0 aromatic carbocycles. The van der Waals surface area contributed by atoms with E-state index in [1.165, 1.54) is 6.42 Å². The Kier molecular flexibility index (Phi) is 1.82. The molecule has 76 valence electrons. The molecule has 0 aliphatic carbocycles. The standard InChI is InChI=1S/C10H11N5/c11-2-7-3-13-10(14-4-7)15-6-8-1-9(15)5-12-8/h3-4,8-9,12H,1,5-6H2/t8-,9-/m0/s1. The highest BCUT2D eigenvalue weighted by molar-refractivity contribution is 5.38. The third-order valence-corrected chi connectivity index (χ3v) is 3.08. The number of hydrogen-bond acceptors (Lipinski definition) is 5. The van der Waals surface area contributed by atoms with Crippen LogP contribution in [-0.2, 0) is 0 Å². The molecule has 2 saturated heterocycles. The molecule has 1 N–H and O–H groups in total. The van der Waals surface area contributed by atoms with Crippen LogP contribution in [0, 0.1) is 11.3 Å². The van der Waals surface area contributed by atoms with E-state index in [1.54, 1.807) is 12.4 Å². The van der Waals surface area contributed by atoms with Crippen molar-refractivity contribution in [3.05, 3.63) is 18.0 Å². The molecular weight excluding hydrogens is 190 g/mol. The highest BCUT2D eigenvalue weighted by Gasteiger charge is 2.38. The van der Waals surface area contributed by atoms with Gasteiger partial charge in [-0.1, -0.05) is 0 Å². The Morgan fingerprint density at radius 3 is 2.80 bits per heavy atom. The van der Waals surface area contributed by atoms with Crippen LogP contribution in [0.5, 0.6) is 0 Å². The van der Waals surface area contributed by atoms with Gasteiger partial charge in [0.1, 0.15) is 6.07 Å². The predicted octanol–water partition coefficient (Wildman–Crippen LogP) is -0.101. The second-order valence-electron chi connectivity index (χ2n) is 4.03. The molecule has 5 heteroatoms. The minimum Gasteiger partial charge on any atom is -0.335 e. The van der Waals surface area contributed by atoms with E-state index >= 15 is 0 Å². The Morgan fingerprint density at radius 1 is 1.47 bits per heavy atom. The molecule has 2 atom stereocenters. The van der Waals surface area contributed by atoms with Gasteiger partial charge in [0.25, 0.3) is 0 Å². The molecule has 2 aliphatic rings. The third kappa shape index (κ3) is 1.34. The summed E-state index contributed by atoms with van der Waals surface area (Å²) in [6.45, 7) is 2.00. The van der Waals surface area contributed by atoms with Crippen molar-refractivity contribution in [3.8, 4) is 6.07 Å². The molecule has 2 fully saturated rings. The molecule has 3 heterocycles. The first kappa shape index (κ1) is 8.62. The first-order chi connectivity index (χ1) is 7.36. The van der Waals surface area contributed by atoms with Crippen molar-refractivity contribution in [3.63, 3.8) is 0 Å². The van der Waals surface area contributed by atoms with Crippen LogP contribution in [0.4, 0.5) is 5.95 Å². The first-order valence-electron chi connectivity index (χ1n) is 5.09. The maximum atomic E-state index is 8.65. The number of rotatable bonds is 1. The SMILES string of the molecule is N#Cc1cnc(N2C[C@@H]3C[C@H]2CN3)nc1. The van der Waals surface area contributed by atoms with E-state index in [4.69, 9.17) is 5.26 Å². The minimum atomic E-state index is 0.515. The Morgan fingerprint density at radius 2 is 2.27 bits per heavy atom. The Balaban J connectivity index is 1.85. The largest absolute Gasteiger partial charge is 0.335 e. The molecule has 3 rings (SSSR count). The van der Waals surface area contributed by atoms with Crippen molar-refractivity contribution < 1.29 is 0 Å². The second kappa shape index (κ2) is 3.17. The fourth-order valence-electron chi connectivity index (χ4n) is 2.33. The van der Waals surface area contributed by atoms with Gasteiger partial charge < -0.3 is 10.2 Å². The molecule has 2 bridgehead atoms. The normalized spacial score (nSPS) is 28.1. The summed E-state index contributed by atoms with van der Waals surface area (Å²) in [5, 5.41) is 12.1. The van der Waals surface area contributed by atoms with E-state index in [2.05, 4.69) is 20.2 Å². The van der Waals surface area contributed by atoms with Gasteiger partial charge in [0.05, 0.1) is 18.0 Å². The number of aromatic nitrogens is 2. The molecule has 2 aliphatic heterocycles. The topological polar surface area (TPSA) is 64.8 Å². The van der Waals surface area contributed by atoms with Crippen molar-refractivity contribution >= 4 is 5.95 Å². The number of hydrogen-bond donors (Lipinski definition) is 1. The third-order valence-electron chi connectivity index (χ3n) is 3.08. The maximum Gasteiger partial charge on any atom is 0.225 e. The van der Waals surface area contributed by atoms with Crippen LogP contribution in [-0.4, -0.2) is 35.1 Å². The van der Waals surface area contributed by atoms with Crippen molar-refractivity contribution in [2.45, 2.75) is 18.5 Å². The smallest absolute Gasteiger partial charge is 0.225 e. The summed E-state index contributed by atoms with van der Waals surface area (Å²) in [5.74, 6) is 0.753. The van der Waals surface area contributed by atoms with Gasteiger partial charge in [-0.2, -0.15) is 5.26 Å². The lowest BCUT2D eigenvalue weighted by molar-refractivity contribution is 0.572. The van der Waals surface area contributed by atoms with E-state index in [0.717, 1.165) is 19.0 Å². The number of nitrogens with zero attached hydrogens (tertiary/aromatic N) is 4. The monoisotopic (exact) mass is 201 g/mol. The van der Waals surface area contributed by atoms with Gasteiger partial charge in [-0.3, -0.25) is 0 Å². The molecule has 0 unspecified atom stereocenters. The second-order valence-corrected chi connectivity index (χ2v) is 4.03. The summed E-state index contributed by atoms with van der Waals surface area (Å²) in [4.78, 5) is 10.7. The van der Waals surface area contributed by atoms with Crippen molar-refractivity contribution in [1.29, 1.82) is 5.26 Å². The number of piperazine rings is 1. The van der Waals surface area contributed by atoms with Crippen molar-refractivity contribution in [2.24, 2.45) is 0 Å². The minimum absolute atomic E-state index is 0.515. The summed E-state index contributed by atoms with van der Waals surface area (Å²) in [7, 11) is 0. The van der Waals surface area contributed by atoms with Crippen LogP contribution in [0.3, 0.4) is 0 Å². The van der Waals surface area contributed by atoms with Gasteiger partial charge in [0.15, 0.2) is 0 Å². The lowest BCUT2D eigenvalue weighted by Gasteiger charge is -2.27. The lowest BCUT2D eigenvalue weighted by Crippen LogP contribution is -2.44. The van der Waals surface area contributed by atoms with E-state index in [-0.39, 0.29) is 0 Å². The van der Waals surface area contributed by atoms with Gasteiger partial charge in [-0.05, 0) is 6.42 Å². The van der Waals surface area contributed by atoms with Crippen LogP contribution in [0.1, 0.15) is 12.0 Å². The molecule has 0 amide bonds. The van der Waals surface area contributed by atoms with Crippen LogP contribution in [0.2, 0.25) is 0 Å².